The van der Waals surface area contributed by atoms with E-state index in [1.54, 1.807) is 17.8 Å². The van der Waals surface area contributed by atoms with Gasteiger partial charge >= 0.3 is 0 Å². The Morgan fingerprint density at radius 2 is 1.78 bits per heavy atom. The highest BCUT2D eigenvalue weighted by atomic mass is 32.2. The van der Waals surface area contributed by atoms with Gasteiger partial charge in [0.1, 0.15) is 4.90 Å². The second kappa shape index (κ2) is 5.31. The first kappa shape index (κ1) is 15.6. The number of rotatable bonds is 5. The number of hydrogen-bond acceptors (Lipinski definition) is 3. The quantitative estimate of drug-likeness (QED) is 0.898. The first-order valence-electron chi connectivity index (χ1n) is 8.93. The van der Waals surface area contributed by atoms with Crippen LogP contribution < -0.4 is 4.72 Å². The van der Waals surface area contributed by atoms with Crippen molar-refractivity contribution in [1.29, 1.82) is 0 Å². The first-order valence-corrected chi connectivity index (χ1v) is 10.4. The maximum atomic E-state index is 12.7. The summed E-state index contributed by atoms with van der Waals surface area (Å²) in [4.78, 5) is 0.337. The standard InChI is InChI=1S/C17H27N3O2S/c1-3-20-10-16(12(2)19-20)23(21,22)18-11-17-7-13-4-14(8-17)6-15(5-13)9-17/h10,13-15,18H,3-9,11H2,1-2H3. The lowest BCUT2D eigenvalue weighted by atomic mass is 9.50. The third kappa shape index (κ3) is 2.74. The average molecular weight is 337 g/mol. The molecule has 0 aromatic carbocycles. The van der Waals surface area contributed by atoms with E-state index in [4.69, 9.17) is 0 Å². The zero-order valence-corrected chi connectivity index (χ0v) is 14.9. The molecule has 1 N–H and O–H groups in total. The maximum Gasteiger partial charge on any atom is 0.243 e. The van der Waals surface area contributed by atoms with Crippen molar-refractivity contribution in [2.75, 3.05) is 6.54 Å². The number of hydrogen-bond donors (Lipinski definition) is 1. The molecule has 23 heavy (non-hydrogen) atoms. The number of aryl methyl sites for hydroxylation is 2. The van der Waals surface area contributed by atoms with Crippen LogP contribution in [0.25, 0.3) is 0 Å². The van der Waals surface area contributed by atoms with E-state index in [-0.39, 0.29) is 5.41 Å². The van der Waals surface area contributed by atoms with Crippen molar-refractivity contribution in [3.8, 4) is 0 Å². The Hall–Kier alpha value is -0.880. The van der Waals surface area contributed by atoms with Crippen molar-refractivity contribution in [3.63, 3.8) is 0 Å². The summed E-state index contributed by atoms with van der Waals surface area (Å²) in [5.74, 6) is 2.53. The molecule has 4 saturated carbocycles. The third-order valence-electron chi connectivity index (χ3n) is 6.32. The molecule has 0 saturated heterocycles. The Labute approximate surface area is 138 Å². The highest BCUT2D eigenvalue weighted by Crippen LogP contribution is 2.59. The summed E-state index contributed by atoms with van der Waals surface area (Å²) in [6.07, 6.45) is 9.45. The zero-order chi connectivity index (χ0) is 16.2. The SMILES string of the molecule is CCn1cc(S(=O)(=O)NCC23CC4CC(CC(C4)C2)C3)c(C)n1. The van der Waals surface area contributed by atoms with Gasteiger partial charge in [-0.15, -0.1) is 0 Å². The lowest BCUT2D eigenvalue weighted by Gasteiger charge is -2.56. The van der Waals surface area contributed by atoms with Gasteiger partial charge in [-0.1, -0.05) is 0 Å². The van der Waals surface area contributed by atoms with Crippen molar-refractivity contribution in [2.45, 2.75) is 63.8 Å². The minimum atomic E-state index is -3.46. The lowest BCUT2D eigenvalue weighted by molar-refractivity contribution is -0.0487. The van der Waals surface area contributed by atoms with E-state index in [1.165, 1.54) is 38.5 Å². The van der Waals surface area contributed by atoms with Crippen molar-refractivity contribution < 1.29 is 8.42 Å². The predicted molar refractivity (Wildman–Crippen MR) is 88.4 cm³/mol. The van der Waals surface area contributed by atoms with E-state index in [0.717, 1.165) is 17.8 Å². The fraction of sp³-hybridized carbons (Fsp3) is 0.824. The molecule has 4 bridgehead atoms. The topological polar surface area (TPSA) is 64.0 Å². The monoisotopic (exact) mass is 337 g/mol. The molecule has 4 aliphatic rings. The second-order valence-corrected chi connectivity index (χ2v) is 9.91. The molecule has 128 valence electrons. The summed E-state index contributed by atoms with van der Waals surface area (Å²) in [6, 6.07) is 0. The van der Waals surface area contributed by atoms with Gasteiger partial charge in [0.25, 0.3) is 0 Å². The summed E-state index contributed by atoms with van der Waals surface area (Å²) in [6.45, 7) is 5.03. The van der Waals surface area contributed by atoms with Crippen LogP contribution in [-0.2, 0) is 16.6 Å². The van der Waals surface area contributed by atoms with Gasteiger partial charge in [0.2, 0.25) is 10.0 Å². The van der Waals surface area contributed by atoms with E-state index in [1.807, 2.05) is 6.92 Å². The van der Waals surface area contributed by atoms with E-state index in [2.05, 4.69) is 9.82 Å². The average Bonchev–Trinajstić information content (AvgIpc) is 2.86. The van der Waals surface area contributed by atoms with Crippen molar-refractivity contribution in [2.24, 2.45) is 23.2 Å². The van der Waals surface area contributed by atoms with E-state index in [9.17, 15) is 8.42 Å². The van der Waals surface area contributed by atoms with Gasteiger partial charge < -0.3 is 0 Å². The Morgan fingerprint density at radius 3 is 2.26 bits per heavy atom. The molecule has 6 heteroatoms. The second-order valence-electron chi connectivity index (χ2n) is 8.18. The summed E-state index contributed by atoms with van der Waals surface area (Å²) in [5, 5.41) is 4.27. The largest absolute Gasteiger partial charge is 0.271 e. The van der Waals surface area contributed by atoms with Crippen LogP contribution in [0.4, 0.5) is 0 Å². The van der Waals surface area contributed by atoms with Crippen LogP contribution in [0.3, 0.4) is 0 Å². The predicted octanol–water partition coefficient (Wildman–Crippen LogP) is 2.71. The van der Waals surface area contributed by atoms with E-state index >= 15 is 0 Å². The molecule has 1 heterocycles. The molecule has 4 aliphatic carbocycles. The van der Waals surface area contributed by atoms with Crippen LogP contribution >= 0.6 is 0 Å². The van der Waals surface area contributed by atoms with Crippen molar-refractivity contribution in [1.82, 2.24) is 14.5 Å². The minimum absolute atomic E-state index is 0.219. The number of sulfonamides is 1. The summed E-state index contributed by atoms with van der Waals surface area (Å²) in [5.41, 5.74) is 0.807. The molecule has 0 unspecified atom stereocenters. The fourth-order valence-corrected chi connectivity index (χ4v) is 7.10. The number of nitrogens with one attached hydrogen (secondary N) is 1. The fourth-order valence-electron chi connectivity index (χ4n) is 5.76. The van der Waals surface area contributed by atoms with Crippen LogP contribution in [0.15, 0.2) is 11.1 Å². The van der Waals surface area contributed by atoms with Crippen LogP contribution in [-0.4, -0.2) is 24.7 Å². The van der Waals surface area contributed by atoms with Gasteiger partial charge in [-0.25, -0.2) is 13.1 Å². The Balaban J connectivity index is 1.51. The van der Waals surface area contributed by atoms with Crippen LogP contribution in [0, 0.1) is 30.1 Å². The molecule has 4 fully saturated rings. The lowest BCUT2D eigenvalue weighted by Crippen LogP contribution is -2.51. The highest BCUT2D eigenvalue weighted by Gasteiger charge is 2.51. The Bertz CT molecular complexity index is 672. The zero-order valence-electron chi connectivity index (χ0n) is 14.1. The summed E-state index contributed by atoms with van der Waals surface area (Å²) >= 11 is 0. The van der Waals surface area contributed by atoms with Gasteiger partial charge in [-0.05, 0) is 75.5 Å². The molecule has 0 radical (unpaired) electrons. The van der Waals surface area contributed by atoms with Crippen LogP contribution in [0.5, 0.6) is 0 Å². The van der Waals surface area contributed by atoms with Crippen molar-refractivity contribution >= 4 is 10.0 Å². The summed E-state index contributed by atoms with van der Waals surface area (Å²) in [7, 11) is -3.46. The molecule has 0 amide bonds. The van der Waals surface area contributed by atoms with Gasteiger partial charge in [0, 0.05) is 19.3 Å². The molecule has 0 aliphatic heterocycles. The molecule has 0 spiro atoms. The molecular weight excluding hydrogens is 310 g/mol. The van der Waals surface area contributed by atoms with Gasteiger partial charge in [0.05, 0.1) is 5.69 Å². The normalized spacial score (nSPS) is 35.8. The smallest absolute Gasteiger partial charge is 0.243 e. The molecule has 0 atom stereocenters. The maximum absolute atomic E-state index is 12.7. The Kier molecular flexibility index (Phi) is 3.61. The van der Waals surface area contributed by atoms with E-state index < -0.39 is 10.0 Å². The van der Waals surface area contributed by atoms with Gasteiger partial charge in [-0.3, -0.25) is 4.68 Å². The van der Waals surface area contributed by atoms with Crippen LogP contribution in [0.2, 0.25) is 0 Å². The van der Waals surface area contributed by atoms with Crippen LogP contribution in [0.1, 0.15) is 51.1 Å². The molecule has 1 aromatic heterocycles. The number of nitrogens with zero attached hydrogens (tertiary/aromatic N) is 2. The minimum Gasteiger partial charge on any atom is -0.271 e. The molecule has 5 nitrogen and oxygen atoms in total. The Morgan fingerprint density at radius 1 is 1.22 bits per heavy atom. The van der Waals surface area contributed by atoms with Gasteiger partial charge in [-0.2, -0.15) is 5.10 Å². The van der Waals surface area contributed by atoms with Crippen molar-refractivity contribution in [3.05, 3.63) is 11.9 Å². The molecule has 1 aromatic rings. The first-order chi connectivity index (χ1) is 10.9. The summed E-state index contributed by atoms with van der Waals surface area (Å²) < 4.78 is 30.0. The van der Waals surface area contributed by atoms with Gasteiger partial charge in [0.15, 0.2) is 0 Å². The molecule has 5 rings (SSSR count). The van der Waals surface area contributed by atoms with E-state index in [0.29, 0.717) is 23.7 Å². The molecular formula is C17H27N3O2S. The highest BCUT2D eigenvalue weighted by molar-refractivity contribution is 7.89. The number of aromatic nitrogens is 2. The third-order valence-corrected chi connectivity index (χ3v) is 7.82.